The van der Waals surface area contributed by atoms with Crippen LogP contribution in [0.5, 0.6) is 0 Å². The number of unbranched alkanes of at least 4 members (excludes halogenated alkanes) is 15. The normalized spacial score (nSPS) is 11.7. The fourth-order valence-electron chi connectivity index (χ4n) is 3.41. The molecule has 0 aliphatic heterocycles. The Labute approximate surface area is 236 Å². The molecule has 8 nitrogen and oxygen atoms in total. The van der Waals surface area contributed by atoms with Crippen LogP contribution in [0, 0.1) is 6.61 Å². The van der Waals surface area contributed by atoms with Crippen LogP contribution < -0.4 is 29.6 Å². The van der Waals surface area contributed by atoms with Crippen LogP contribution in [0.1, 0.15) is 129 Å². The second kappa shape index (κ2) is 28.4. The molecular formula is C25H49NaO8S. The number of rotatable bonds is 23. The van der Waals surface area contributed by atoms with Crippen LogP contribution in [0.15, 0.2) is 0 Å². The number of ether oxygens (including phenoxy) is 1. The summed E-state index contributed by atoms with van der Waals surface area (Å²) in [6.07, 6.45) is 22.7. The van der Waals surface area contributed by atoms with Gasteiger partial charge >= 0.3 is 41.5 Å². The summed E-state index contributed by atoms with van der Waals surface area (Å²) in [7, 11) is -4.84. The zero-order chi connectivity index (χ0) is 26.1. The molecular weight excluding hydrogens is 483 g/mol. The van der Waals surface area contributed by atoms with Gasteiger partial charge in [-0.05, 0) is 6.42 Å². The first kappa shape index (κ1) is 39.3. The molecule has 1 atom stereocenters. The smallest absolute Gasteiger partial charge is 0.552 e. The van der Waals surface area contributed by atoms with E-state index in [1.54, 1.807) is 0 Å². The third-order valence-corrected chi connectivity index (χ3v) is 6.48. The van der Waals surface area contributed by atoms with E-state index in [0.717, 1.165) is 13.0 Å². The van der Waals surface area contributed by atoms with Gasteiger partial charge < -0.3 is 14.9 Å². The molecule has 0 fully saturated rings. The van der Waals surface area contributed by atoms with Crippen LogP contribution in [0.2, 0.25) is 0 Å². The molecule has 0 aromatic rings. The van der Waals surface area contributed by atoms with Crippen molar-refractivity contribution in [3.8, 4) is 0 Å². The van der Waals surface area contributed by atoms with E-state index in [9.17, 15) is 18.0 Å². The summed E-state index contributed by atoms with van der Waals surface area (Å²) in [5.41, 5.74) is 0. The summed E-state index contributed by atoms with van der Waals surface area (Å²) in [5.74, 6) is -3.50. The first-order chi connectivity index (χ1) is 16.2. The Hall–Kier alpha value is -0.190. The molecule has 0 aliphatic carbocycles. The van der Waals surface area contributed by atoms with Crippen LogP contribution in [0.3, 0.4) is 0 Å². The standard InChI is InChI=1S/C21H43O.C4H6O7S.Na/c1-3-5-6-7-8-9-10-11-12-13-14-15-16-17-18-19-21-22-20-4-2;5-3(6)1-2(4(7)8)12(9,10)11;/h20H,3-19,21H2,1-2H3;2H,1H2,(H,5,6)(H,7,8)(H,9,10,11);/q-1;;+1. The molecule has 0 aromatic carbocycles. The van der Waals surface area contributed by atoms with Crippen LogP contribution >= 0.6 is 0 Å². The van der Waals surface area contributed by atoms with Crippen molar-refractivity contribution in [2.24, 2.45) is 0 Å². The average Bonchev–Trinajstić information content (AvgIpc) is 2.76. The van der Waals surface area contributed by atoms with Crippen molar-refractivity contribution in [3.05, 3.63) is 6.61 Å². The van der Waals surface area contributed by atoms with E-state index in [1.807, 2.05) is 6.61 Å². The Morgan fingerprint density at radius 1 is 0.743 bits per heavy atom. The van der Waals surface area contributed by atoms with Crippen molar-refractivity contribution in [2.75, 3.05) is 6.61 Å². The van der Waals surface area contributed by atoms with Gasteiger partial charge in [-0.15, -0.1) is 0 Å². The number of hydrogen-bond donors (Lipinski definition) is 3. The van der Waals surface area contributed by atoms with Gasteiger partial charge in [0, 0.05) is 6.61 Å². The molecule has 10 heteroatoms. The molecule has 1 unspecified atom stereocenters. The predicted molar refractivity (Wildman–Crippen MR) is 135 cm³/mol. The third kappa shape index (κ3) is 31.8. The SMILES string of the molecule is CC[CH-]OCCCCCCCCCCCCCCCCCC.O=C(O)CC(C(=O)O)S(=O)(=O)O.[Na+]. The van der Waals surface area contributed by atoms with Gasteiger partial charge in [-0.3, -0.25) is 14.1 Å². The fourth-order valence-corrected chi connectivity index (χ4v) is 4.02. The quantitative estimate of drug-likeness (QED) is 0.0785. The van der Waals surface area contributed by atoms with Crippen LogP contribution in [0.25, 0.3) is 0 Å². The first-order valence-electron chi connectivity index (χ1n) is 13.0. The van der Waals surface area contributed by atoms with Gasteiger partial charge in [0.2, 0.25) is 0 Å². The number of aliphatic carboxylic acids is 2. The van der Waals surface area contributed by atoms with E-state index in [4.69, 9.17) is 19.5 Å². The van der Waals surface area contributed by atoms with Crippen LogP contribution in [0.4, 0.5) is 0 Å². The van der Waals surface area contributed by atoms with Crippen molar-refractivity contribution < 1.29 is 67.1 Å². The van der Waals surface area contributed by atoms with E-state index in [2.05, 4.69) is 13.8 Å². The summed E-state index contributed by atoms with van der Waals surface area (Å²) in [6, 6.07) is 0. The van der Waals surface area contributed by atoms with E-state index in [0.29, 0.717) is 0 Å². The van der Waals surface area contributed by atoms with Gasteiger partial charge in [0.15, 0.2) is 5.25 Å². The van der Waals surface area contributed by atoms with Crippen molar-refractivity contribution in [1.82, 2.24) is 0 Å². The van der Waals surface area contributed by atoms with Gasteiger partial charge in [0.1, 0.15) is 0 Å². The Morgan fingerprint density at radius 3 is 1.37 bits per heavy atom. The van der Waals surface area contributed by atoms with Gasteiger partial charge in [0.25, 0.3) is 10.1 Å². The Morgan fingerprint density at radius 2 is 1.11 bits per heavy atom. The van der Waals surface area contributed by atoms with E-state index in [1.165, 1.54) is 103 Å². The average molecular weight is 533 g/mol. The first-order valence-corrected chi connectivity index (χ1v) is 14.5. The Kier molecular flexibility index (Phi) is 31.9. The van der Waals surface area contributed by atoms with Crippen molar-refractivity contribution >= 4 is 22.1 Å². The number of carbonyl (C=O) groups is 2. The summed E-state index contributed by atoms with van der Waals surface area (Å²) < 4.78 is 34.0. The molecule has 35 heavy (non-hydrogen) atoms. The summed E-state index contributed by atoms with van der Waals surface area (Å²) in [4.78, 5) is 20.0. The molecule has 3 N–H and O–H groups in total. The predicted octanol–water partition coefficient (Wildman–Crippen LogP) is 3.64. The maximum absolute atomic E-state index is 10.2. The zero-order valence-corrected chi connectivity index (χ0v) is 25.2. The molecule has 0 aliphatic rings. The minimum Gasteiger partial charge on any atom is -0.552 e. The van der Waals surface area contributed by atoms with Gasteiger partial charge in [0.05, 0.1) is 6.42 Å². The zero-order valence-electron chi connectivity index (χ0n) is 22.4. The number of carboxylic acid groups (broad SMARTS) is 2. The molecule has 0 heterocycles. The van der Waals surface area contributed by atoms with Gasteiger partial charge in [-0.2, -0.15) is 14.8 Å². The monoisotopic (exact) mass is 532 g/mol. The van der Waals surface area contributed by atoms with E-state index >= 15 is 0 Å². The largest absolute Gasteiger partial charge is 1.00 e. The van der Waals surface area contributed by atoms with E-state index < -0.39 is 33.7 Å². The van der Waals surface area contributed by atoms with Crippen molar-refractivity contribution in [3.63, 3.8) is 0 Å². The van der Waals surface area contributed by atoms with E-state index in [-0.39, 0.29) is 29.6 Å². The molecule has 0 spiro atoms. The fraction of sp³-hybridized carbons (Fsp3) is 0.880. The summed E-state index contributed by atoms with van der Waals surface area (Å²) >= 11 is 0. The van der Waals surface area contributed by atoms with Crippen molar-refractivity contribution in [1.29, 1.82) is 0 Å². The molecule has 0 saturated heterocycles. The number of hydrogen-bond acceptors (Lipinski definition) is 5. The topological polar surface area (TPSA) is 138 Å². The van der Waals surface area contributed by atoms with Crippen molar-refractivity contribution in [2.45, 2.75) is 135 Å². The molecule has 204 valence electrons. The summed E-state index contributed by atoms with van der Waals surface area (Å²) in [5, 5.41) is 13.9. The molecule has 0 bridgehead atoms. The number of carboxylic acids is 2. The minimum atomic E-state index is -4.84. The molecule has 0 amide bonds. The second-order valence-corrected chi connectivity index (χ2v) is 10.3. The minimum absolute atomic E-state index is 0. The van der Waals surface area contributed by atoms with Crippen LogP contribution in [-0.4, -0.2) is 47.0 Å². The third-order valence-electron chi connectivity index (χ3n) is 5.40. The molecule has 0 radical (unpaired) electrons. The Balaban J connectivity index is -0.000000670. The van der Waals surface area contributed by atoms with Gasteiger partial charge in [-0.25, -0.2) is 6.61 Å². The maximum atomic E-state index is 10.2. The summed E-state index contributed by atoms with van der Waals surface area (Å²) in [6.45, 7) is 7.26. The molecule has 0 aromatic heterocycles. The van der Waals surface area contributed by atoms with Crippen LogP contribution in [-0.2, 0) is 24.4 Å². The van der Waals surface area contributed by atoms with Gasteiger partial charge in [-0.1, -0.05) is 110 Å². The molecule has 0 rings (SSSR count). The maximum Gasteiger partial charge on any atom is 1.00 e. The Bertz CT molecular complexity index is 564. The second-order valence-electron chi connectivity index (χ2n) is 8.69. The molecule has 0 saturated carbocycles.